The van der Waals surface area contributed by atoms with Crippen LogP contribution in [0.1, 0.15) is 30.5 Å². The quantitative estimate of drug-likeness (QED) is 0.780. The van der Waals surface area contributed by atoms with Gasteiger partial charge in [0.1, 0.15) is 6.04 Å². The van der Waals surface area contributed by atoms with Gasteiger partial charge in [0.05, 0.1) is 0 Å². The van der Waals surface area contributed by atoms with E-state index in [1.54, 1.807) is 0 Å². The number of nitrogens with one attached hydrogen (secondary N) is 1. The smallest absolute Gasteiger partial charge is 0.244 e. The van der Waals surface area contributed by atoms with Crippen LogP contribution in [0.5, 0.6) is 0 Å². The largest absolute Gasteiger partial charge is 0.337 e. The van der Waals surface area contributed by atoms with E-state index in [0.29, 0.717) is 0 Å². The van der Waals surface area contributed by atoms with E-state index in [1.807, 2.05) is 11.0 Å². The second-order valence-electron chi connectivity index (χ2n) is 5.42. The zero-order chi connectivity index (χ0) is 13.2. The van der Waals surface area contributed by atoms with Gasteiger partial charge >= 0.3 is 0 Å². The number of amides is 1. The number of carbonyl (C=O) groups is 1. The topological polar surface area (TPSA) is 32.3 Å². The van der Waals surface area contributed by atoms with E-state index in [2.05, 4.69) is 36.5 Å². The third kappa shape index (κ3) is 2.43. The SMILES string of the molecule is CC1=CCN(C(=O)C2NCCc3ccccc32)CC1. The van der Waals surface area contributed by atoms with E-state index in [9.17, 15) is 4.79 Å². The van der Waals surface area contributed by atoms with Gasteiger partial charge < -0.3 is 10.2 Å². The first-order chi connectivity index (χ1) is 9.25. The fourth-order valence-corrected chi connectivity index (χ4v) is 2.88. The molecule has 0 saturated carbocycles. The first-order valence-electron chi connectivity index (χ1n) is 7.01. The number of hydrogen-bond donors (Lipinski definition) is 1. The Morgan fingerprint density at radius 3 is 2.95 bits per heavy atom. The molecule has 0 aromatic heterocycles. The average Bonchev–Trinajstić information content (AvgIpc) is 2.47. The molecule has 3 nitrogen and oxygen atoms in total. The molecule has 1 aromatic rings. The molecule has 2 aliphatic rings. The summed E-state index contributed by atoms with van der Waals surface area (Å²) in [5.74, 6) is 0.218. The van der Waals surface area contributed by atoms with Crippen LogP contribution in [0, 0.1) is 0 Å². The van der Waals surface area contributed by atoms with Crippen molar-refractivity contribution < 1.29 is 4.79 Å². The Hall–Kier alpha value is -1.61. The van der Waals surface area contributed by atoms with Crippen molar-refractivity contribution in [3.05, 3.63) is 47.0 Å². The Morgan fingerprint density at radius 2 is 2.16 bits per heavy atom. The van der Waals surface area contributed by atoms with Crippen molar-refractivity contribution in [3.8, 4) is 0 Å². The molecule has 0 spiro atoms. The summed E-state index contributed by atoms with van der Waals surface area (Å²) in [6.45, 7) is 4.62. The van der Waals surface area contributed by atoms with Gasteiger partial charge in [-0.3, -0.25) is 4.79 Å². The number of nitrogens with zero attached hydrogens (tertiary/aromatic N) is 1. The zero-order valence-electron chi connectivity index (χ0n) is 11.4. The van der Waals surface area contributed by atoms with Gasteiger partial charge in [-0.15, -0.1) is 0 Å². The Bertz CT molecular complexity index is 521. The molecule has 1 aromatic carbocycles. The molecule has 2 heterocycles. The minimum Gasteiger partial charge on any atom is -0.337 e. The van der Waals surface area contributed by atoms with Crippen molar-refractivity contribution in [2.45, 2.75) is 25.8 Å². The van der Waals surface area contributed by atoms with Crippen LogP contribution < -0.4 is 5.32 Å². The van der Waals surface area contributed by atoms with Crippen LogP contribution in [0.3, 0.4) is 0 Å². The van der Waals surface area contributed by atoms with Crippen LogP contribution in [0.25, 0.3) is 0 Å². The monoisotopic (exact) mass is 256 g/mol. The molecular weight excluding hydrogens is 236 g/mol. The summed E-state index contributed by atoms with van der Waals surface area (Å²) in [4.78, 5) is 14.6. The maximum Gasteiger partial charge on any atom is 0.244 e. The molecule has 19 heavy (non-hydrogen) atoms. The number of rotatable bonds is 1. The van der Waals surface area contributed by atoms with E-state index in [4.69, 9.17) is 0 Å². The minimum absolute atomic E-state index is 0.156. The molecule has 1 atom stereocenters. The van der Waals surface area contributed by atoms with Gasteiger partial charge in [0, 0.05) is 19.6 Å². The predicted molar refractivity (Wildman–Crippen MR) is 75.8 cm³/mol. The molecule has 1 unspecified atom stereocenters. The highest BCUT2D eigenvalue weighted by molar-refractivity contribution is 5.84. The van der Waals surface area contributed by atoms with Crippen LogP contribution in [0.15, 0.2) is 35.9 Å². The lowest BCUT2D eigenvalue weighted by Gasteiger charge is -2.33. The Balaban J connectivity index is 1.82. The fourth-order valence-electron chi connectivity index (χ4n) is 2.88. The molecule has 3 rings (SSSR count). The fraction of sp³-hybridized carbons (Fsp3) is 0.438. The Morgan fingerprint density at radius 1 is 1.32 bits per heavy atom. The molecule has 0 fully saturated rings. The number of benzene rings is 1. The molecule has 0 radical (unpaired) electrons. The van der Waals surface area contributed by atoms with E-state index < -0.39 is 0 Å². The van der Waals surface area contributed by atoms with Crippen molar-refractivity contribution in [2.24, 2.45) is 0 Å². The lowest BCUT2D eigenvalue weighted by Crippen LogP contribution is -2.45. The molecule has 1 amide bonds. The minimum atomic E-state index is -0.156. The van der Waals surface area contributed by atoms with Gasteiger partial charge in [-0.05, 0) is 30.9 Å². The van der Waals surface area contributed by atoms with Crippen LogP contribution in [0.2, 0.25) is 0 Å². The molecule has 0 aliphatic carbocycles. The Kier molecular flexibility index (Phi) is 3.38. The van der Waals surface area contributed by atoms with Gasteiger partial charge in [0.25, 0.3) is 0 Å². The van der Waals surface area contributed by atoms with E-state index in [0.717, 1.165) is 38.0 Å². The molecule has 3 heteroatoms. The number of hydrogen-bond acceptors (Lipinski definition) is 2. The van der Waals surface area contributed by atoms with Crippen molar-refractivity contribution >= 4 is 5.91 Å². The lowest BCUT2D eigenvalue weighted by atomic mass is 9.93. The van der Waals surface area contributed by atoms with Crippen LogP contribution in [-0.2, 0) is 11.2 Å². The summed E-state index contributed by atoms with van der Waals surface area (Å²) >= 11 is 0. The third-order valence-electron chi connectivity index (χ3n) is 4.10. The molecular formula is C16H20N2O. The summed E-state index contributed by atoms with van der Waals surface area (Å²) in [5.41, 5.74) is 3.86. The summed E-state index contributed by atoms with van der Waals surface area (Å²) in [6, 6.07) is 8.13. The molecule has 1 N–H and O–H groups in total. The summed E-state index contributed by atoms with van der Waals surface area (Å²) in [5, 5.41) is 3.37. The summed E-state index contributed by atoms with van der Waals surface area (Å²) in [6.07, 6.45) is 4.18. The van der Waals surface area contributed by atoms with Crippen molar-refractivity contribution in [1.82, 2.24) is 10.2 Å². The predicted octanol–water partition coefficient (Wildman–Crippen LogP) is 2.05. The summed E-state index contributed by atoms with van der Waals surface area (Å²) in [7, 11) is 0. The average molecular weight is 256 g/mol. The maximum absolute atomic E-state index is 12.7. The highest BCUT2D eigenvalue weighted by Gasteiger charge is 2.29. The highest BCUT2D eigenvalue weighted by Crippen LogP contribution is 2.25. The molecule has 2 aliphatic heterocycles. The number of carbonyl (C=O) groups excluding carboxylic acids is 1. The zero-order valence-corrected chi connectivity index (χ0v) is 11.4. The van der Waals surface area contributed by atoms with Crippen molar-refractivity contribution in [1.29, 1.82) is 0 Å². The maximum atomic E-state index is 12.7. The van der Waals surface area contributed by atoms with Crippen LogP contribution >= 0.6 is 0 Å². The van der Waals surface area contributed by atoms with Gasteiger partial charge in [0.2, 0.25) is 5.91 Å². The summed E-state index contributed by atoms with van der Waals surface area (Å²) < 4.78 is 0. The second kappa shape index (κ2) is 5.17. The van der Waals surface area contributed by atoms with E-state index in [-0.39, 0.29) is 11.9 Å². The first kappa shape index (κ1) is 12.4. The van der Waals surface area contributed by atoms with Gasteiger partial charge in [0.15, 0.2) is 0 Å². The normalized spacial score (nSPS) is 22.7. The third-order valence-corrected chi connectivity index (χ3v) is 4.10. The van der Waals surface area contributed by atoms with Gasteiger partial charge in [-0.1, -0.05) is 35.9 Å². The van der Waals surface area contributed by atoms with Gasteiger partial charge in [-0.25, -0.2) is 0 Å². The van der Waals surface area contributed by atoms with Crippen LogP contribution in [0.4, 0.5) is 0 Å². The highest BCUT2D eigenvalue weighted by atomic mass is 16.2. The molecule has 0 bridgehead atoms. The van der Waals surface area contributed by atoms with Crippen molar-refractivity contribution in [3.63, 3.8) is 0 Å². The van der Waals surface area contributed by atoms with E-state index >= 15 is 0 Å². The first-order valence-corrected chi connectivity index (χ1v) is 7.01. The molecule has 100 valence electrons. The van der Waals surface area contributed by atoms with E-state index in [1.165, 1.54) is 11.1 Å². The standard InChI is InChI=1S/C16H20N2O/c1-12-7-10-18(11-8-12)16(19)15-14-5-3-2-4-13(14)6-9-17-15/h2-5,7,15,17H,6,8-11H2,1H3. The number of fused-ring (bicyclic) bond motifs is 1. The Labute approximate surface area is 114 Å². The molecule has 0 saturated heterocycles. The second-order valence-corrected chi connectivity index (χ2v) is 5.42. The van der Waals surface area contributed by atoms with Crippen molar-refractivity contribution in [2.75, 3.05) is 19.6 Å². The van der Waals surface area contributed by atoms with Crippen LogP contribution in [-0.4, -0.2) is 30.4 Å². The van der Waals surface area contributed by atoms with Gasteiger partial charge in [-0.2, -0.15) is 0 Å². The lowest BCUT2D eigenvalue weighted by molar-refractivity contribution is -0.133.